The molecule has 1 N–H and O–H groups in total. The Labute approximate surface area is 111 Å². The van der Waals surface area contributed by atoms with Gasteiger partial charge >= 0.3 is 5.97 Å². The second-order valence-corrected chi connectivity index (χ2v) is 4.69. The molecule has 0 aromatic carbocycles. The number of carbonyl (C=O) groups is 3. The van der Waals surface area contributed by atoms with Crippen LogP contribution < -0.4 is 0 Å². The number of cyclic esters (lactones) is 1. The molecule has 0 aromatic rings. The molecule has 0 saturated carbocycles. The van der Waals surface area contributed by atoms with E-state index in [9.17, 15) is 19.5 Å². The maximum Gasteiger partial charge on any atom is 0.317 e. The molecule has 0 unspecified atom stereocenters. The smallest absolute Gasteiger partial charge is 0.317 e. The Morgan fingerprint density at radius 2 is 2.11 bits per heavy atom. The van der Waals surface area contributed by atoms with Crippen LogP contribution in [0.15, 0.2) is 24.3 Å². The SMILES string of the molecule is C/C=C/C=C/C(=O)C[C@H](O)[C@@]1(C)OC(=O)[C@@H](C)C1=O. The van der Waals surface area contributed by atoms with Crippen molar-refractivity contribution in [3.8, 4) is 0 Å². The average molecular weight is 266 g/mol. The van der Waals surface area contributed by atoms with Crippen LogP contribution in [0.4, 0.5) is 0 Å². The van der Waals surface area contributed by atoms with Crippen LogP contribution in [0.3, 0.4) is 0 Å². The Morgan fingerprint density at radius 1 is 1.47 bits per heavy atom. The van der Waals surface area contributed by atoms with Gasteiger partial charge in [0.2, 0.25) is 0 Å². The van der Waals surface area contributed by atoms with Crippen molar-refractivity contribution in [1.29, 1.82) is 0 Å². The molecule has 0 bridgehead atoms. The lowest BCUT2D eigenvalue weighted by Crippen LogP contribution is -2.46. The van der Waals surface area contributed by atoms with Crippen LogP contribution in [0.2, 0.25) is 0 Å². The van der Waals surface area contributed by atoms with E-state index in [0.717, 1.165) is 0 Å². The molecule has 1 rings (SSSR count). The fourth-order valence-corrected chi connectivity index (χ4v) is 1.84. The van der Waals surface area contributed by atoms with E-state index in [-0.39, 0.29) is 12.2 Å². The van der Waals surface area contributed by atoms with Crippen molar-refractivity contribution in [1.82, 2.24) is 0 Å². The van der Waals surface area contributed by atoms with E-state index < -0.39 is 29.4 Å². The molecule has 0 amide bonds. The van der Waals surface area contributed by atoms with E-state index in [0.29, 0.717) is 0 Å². The second-order valence-electron chi connectivity index (χ2n) is 4.69. The third kappa shape index (κ3) is 3.17. The molecule has 0 aliphatic carbocycles. The van der Waals surface area contributed by atoms with Crippen LogP contribution in [-0.4, -0.2) is 34.3 Å². The molecular weight excluding hydrogens is 248 g/mol. The van der Waals surface area contributed by atoms with Gasteiger partial charge in [-0.3, -0.25) is 14.4 Å². The van der Waals surface area contributed by atoms with Crippen LogP contribution >= 0.6 is 0 Å². The highest BCUT2D eigenvalue weighted by Gasteiger charge is 2.54. The first kappa shape index (κ1) is 15.3. The van der Waals surface area contributed by atoms with Crippen LogP contribution in [0.5, 0.6) is 0 Å². The number of hydrogen-bond donors (Lipinski definition) is 1. The van der Waals surface area contributed by atoms with Crippen LogP contribution in [0.1, 0.15) is 27.2 Å². The van der Waals surface area contributed by atoms with Gasteiger partial charge in [-0.15, -0.1) is 0 Å². The minimum atomic E-state index is -1.62. The standard InChI is InChI=1S/C14H18O5/c1-4-5-6-7-10(15)8-11(16)14(3)12(17)9(2)13(18)19-14/h4-7,9,11,16H,8H2,1-3H3/b5-4+,7-6+/t9-,11-,14+/m0/s1. The molecule has 1 aliphatic rings. The van der Waals surface area contributed by atoms with E-state index >= 15 is 0 Å². The predicted molar refractivity (Wildman–Crippen MR) is 68.3 cm³/mol. The van der Waals surface area contributed by atoms with E-state index in [1.807, 2.05) is 6.92 Å². The summed E-state index contributed by atoms with van der Waals surface area (Å²) in [6, 6.07) is 0. The van der Waals surface area contributed by atoms with Gasteiger partial charge in [0.05, 0.1) is 0 Å². The maximum absolute atomic E-state index is 11.9. The summed E-state index contributed by atoms with van der Waals surface area (Å²) in [6.45, 7) is 4.57. The zero-order valence-electron chi connectivity index (χ0n) is 11.3. The molecule has 0 spiro atoms. The summed E-state index contributed by atoms with van der Waals surface area (Å²) in [5.41, 5.74) is -1.62. The van der Waals surface area contributed by atoms with E-state index in [1.165, 1.54) is 19.9 Å². The lowest BCUT2D eigenvalue weighted by Gasteiger charge is -2.26. The highest BCUT2D eigenvalue weighted by Crippen LogP contribution is 2.31. The topological polar surface area (TPSA) is 80.7 Å². The third-order valence-corrected chi connectivity index (χ3v) is 3.16. The number of esters is 1. The van der Waals surface area contributed by atoms with Gasteiger partial charge in [0.15, 0.2) is 17.2 Å². The van der Waals surface area contributed by atoms with Gasteiger partial charge in [0.1, 0.15) is 12.0 Å². The molecular formula is C14H18O5. The Bertz CT molecular complexity index is 449. The molecule has 0 aromatic heterocycles. The lowest BCUT2D eigenvalue weighted by molar-refractivity contribution is -0.162. The van der Waals surface area contributed by atoms with Gasteiger partial charge in [-0.2, -0.15) is 0 Å². The Kier molecular flexibility index (Phi) is 4.78. The van der Waals surface area contributed by atoms with Crippen molar-refractivity contribution < 1.29 is 24.2 Å². The summed E-state index contributed by atoms with van der Waals surface area (Å²) in [5.74, 6) is -2.39. The van der Waals surface area contributed by atoms with Gasteiger partial charge in [-0.25, -0.2) is 0 Å². The van der Waals surface area contributed by atoms with Crippen LogP contribution in [-0.2, 0) is 19.1 Å². The van der Waals surface area contributed by atoms with Gasteiger partial charge in [-0.1, -0.05) is 18.2 Å². The molecule has 0 radical (unpaired) electrons. The lowest BCUT2D eigenvalue weighted by atomic mass is 9.87. The molecule has 3 atom stereocenters. The molecule has 5 heteroatoms. The highest BCUT2D eigenvalue weighted by molar-refractivity contribution is 6.09. The van der Waals surface area contributed by atoms with Crippen LogP contribution in [0.25, 0.3) is 0 Å². The van der Waals surface area contributed by atoms with Crippen molar-refractivity contribution in [2.45, 2.75) is 38.9 Å². The first-order valence-electron chi connectivity index (χ1n) is 6.10. The second kappa shape index (κ2) is 5.93. The zero-order chi connectivity index (χ0) is 14.6. The minimum absolute atomic E-state index is 0.268. The van der Waals surface area contributed by atoms with E-state index in [4.69, 9.17) is 4.74 Å². The summed E-state index contributed by atoms with van der Waals surface area (Å²) in [4.78, 5) is 34.8. The summed E-state index contributed by atoms with van der Waals surface area (Å²) in [7, 11) is 0. The first-order valence-corrected chi connectivity index (χ1v) is 6.10. The molecule has 104 valence electrons. The van der Waals surface area contributed by atoms with Crippen molar-refractivity contribution in [3.63, 3.8) is 0 Å². The highest BCUT2D eigenvalue weighted by atomic mass is 16.6. The number of aliphatic hydroxyl groups is 1. The molecule has 5 nitrogen and oxygen atoms in total. The Balaban J connectivity index is 2.73. The molecule has 1 saturated heterocycles. The number of hydrogen-bond acceptors (Lipinski definition) is 5. The zero-order valence-corrected chi connectivity index (χ0v) is 11.3. The van der Waals surface area contributed by atoms with Gasteiger partial charge < -0.3 is 9.84 Å². The van der Waals surface area contributed by atoms with Gasteiger partial charge in [-0.05, 0) is 26.8 Å². The fraction of sp³-hybridized carbons (Fsp3) is 0.500. The quantitative estimate of drug-likeness (QED) is 0.347. The fourth-order valence-electron chi connectivity index (χ4n) is 1.84. The van der Waals surface area contributed by atoms with Crippen LogP contribution in [0, 0.1) is 5.92 Å². The normalized spacial score (nSPS) is 29.2. The number of Topliss-reactive ketones (excluding diaryl/α,β-unsaturated/α-hetero) is 1. The predicted octanol–water partition coefficient (Wildman–Crippen LogP) is 0.960. The Morgan fingerprint density at radius 3 is 2.58 bits per heavy atom. The summed E-state index contributed by atoms with van der Waals surface area (Å²) in [5, 5.41) is 9.97. The average Bonchev–Trinajstić information content (AvgIpc) is 2.55. The summed E-state index contributed by atoms with van der Waals surface area (Å²) >= 11 is 0. The van der Waals surface area contributed by atoms with Crippen molar-refractivity contribution in [2.75, 3.05) is 0 Å². The largest absolute Gasteiger partial charge is 0.448 e. The number of allylic oxidation sites excluding steroid dienone is 4. The first-order chi connectivity index (χ1) is 8.82. The number of aliphatic hydroxyl groups excluding tert-OH is 1. The van der Waals surface area contributed by atoms with Crippen molar-refractivity contribution in [3.05, 3.63) is 24.3 Å². The molecule has 1 heterocycles. The number of rotatable bonds is 5. The van der Waals surface area contributed by atoms with Gasteiger partial charge in [0, 0.05) is 6.42 Å². The van der Waals surface area contributed by atoms with E-state index in [2.05, 4.69) is 0 Å². The van der Waals surface area contributed by atoms with E-state index in [1.54, 1.807) is 18.2 Å². The van der Waals surface area contributed by atoms with Gasteiger partial charge in [0.25, 0.3) is 0 Å². The summed E-state index contributed by atoms with van der Waals surface area (Å²) in [6.07, 6.45) is 4.67. The number of ketones is 2. The number of ether oxygens (including phenoxy) is 1. The minimum Gasteiger partial charge on any atom is -0.448 e. The Hall–Kier alpha value is -1.75. The monoisotopic (exact) mass is 266 g/mol. The summed E-state index contributed by atoms with van der Waals surface area (Å²) < 4.78 is 4.93. The van der Waals surface area contributed by atoms with Crippen molar-refractivity contribution >= 4 is 17.5 Å². The third-order valence-electron chi connectivity index (χ3n) is 3.16. The molecule has 1 fully saturated rings. The maximum atomic E-state index is 11.9. The van der Waals surface area contributed by atoms with Crippen molar-refractivity contribution in [2.24, 2.45) is 5.92 Å². The number of carbonyl (C=O) groups excluding carboxylic acids is 3. The molecule has 1 aliphatic heterocycles. The molecule has 19 heavy (non-hydrogen) atoms.